The SMILES string of the molecule is CCOC(=O)[C@H]1C(=O)C=C(c2ccc(OC)cc2)C[C@H]1c1ccc([N+](=O)[O-])cc1. The summed E-state index contributed by atoms with van der Waals surface area (Å²) in [4.78, 5) is 35.8. The summed E-state index contributed by atoms with van der Waals surface area (Å²) in [5.74, 6) is -1.65. The fraction of sp³-hybridized carbons (Fsp3) is 0.273. The number of methoxy groups -OCH3 is 1. The highest BCUT2D eigenvalue weighted by atomic mass is 16.6. The van der Waals surface area contributed by atoms with Crippen molar-refractivity contribution in [3.8, 4) is 5.75 Å². The number of nitrogens with zero attached hydrogens (tertiary/aromatic N) is 1. The molecule has 2 aromatic rings. The number of hydrogen-bond acceptors (Lipinski definition) is 6. The number of carbonyl (C=O) groups is 2. The highest BCUT2D eigenvalue weighted by Gasteiger charge is 2.39. The van der Waals surface area contributed by atoms with Crippen molar-refractivity contribution in [2.45, 2.75) is 19.3 Å². The van der Waals surface area contributed by atoms with Crippen LogP contribution in [0.3, 0.4) is 0 Å². The van der Waals surface area contributed by atoms with Gasteiger partial charge in [0.15, 0.2) is 5.78 Å². The topological polar surface area (TPSA) is 95.7 Å². The van der Waals surface area contributed by atoms with Crippen LogP contribution in [0, 0.1) is 16.0 Å². The number of benzene rings is 2. The number of hydrogen-bond donors (Lipinski definition) is 0. The van der Waals surface area contributed by atoms with E-state index in [4.69, 9.17) is 9.47 Å². The quantitative estimate of drug-likeness (QED) is 0.318. The first-order chi connectivity index (χ1) is 13.9. The zero-order chi connectivity index (χ0) is 21.0. The van der Waals surface area contributed by atoms with Gasteiger partial charge in [-0.25, -0.2) is 0 Å². The lowest BCUT2D eigenvalue weighted by atomic mass is 9.73. The molecule has 0 saturated heterocycles. The summed E-state index contributed by atoms with van der Waals surface area (Å²) in [6.07, 6.45) is 1.92. The van der Waals surface area contributed by atoms with Crippen LogP contribution in [0.2, 0.25) is 0 Å². The number of rotatable bonds is 6. The molecule has 150 valence electrons. The van der Waals surface area contributed by atoms with Crippen LogP contribution in [0.25, 0.3) is 5.57 Å². The van der Waals surface area contributed by atoms with Gasteiger partial charge in [-0.05, 0) is 48.3 Å². The second-order valence-corrected chi connectivity index (χ2v) is 6.69. The van der Waals surface area contributed by atoms with Crippen molar-refractivity contribution in [2.24, 2.45) is 5.92 Å². The molecule has 0 aromatic heterocycles. The monoisotopic (exact) mass is 395 g/mol. The predicted molar refractivity (Wildman–Crippen MR) is 107 cm³/mol. The summed E-state index contributed by atoms with van der Waals surface area (Å²) in [6, 6.07) is 13.3. The van der Waals surface area contributed by atoms with Crippen LogP contribution in [0.4, 0.5) is 5.69 Å². The standard InChI is InChI=1S/C22H21NO6/c1-3-29-22(25)21-19(15-4-8-17(9-5-15)23(26)27)12-16(13-20(21)24)14-6-10-18(28-2)11-7-14/h4-11,13,19,21H,3,12H2,1-2H3/t19-,21+/m0/s1. The lowest BCUT2D eigenvalue weighted by molar-refractivity contribution is -0.384. The Balaban J connectivity index is 1.99. The maximum absolute atomic E-state index is 12.9. The average Bonchev–Trinajstić information content (AvgIpc) is 2.73. The molecule has 2 aromatic carbocycles. The first-order valence-corrected chi connectivity index (χ1v) is 9.24. The highest BCUT2D eigenvalue weighted by Crippen LogP contribution is 2.41. The second-order valence-electron chi connectivity index (χ2n) is 6.69. The third kappa shape index (κ3) is 4.34. The van der Waals surface area contributed by atoms with Gasteiger partial charge in [0, 0.05) is 18.1 Å². The molecule has 0 aliphatic heterocycles. The largest absolute Gasteiger partial charge is 0.497 e. The van der Waals surface area contributed by atoms with E-state index in [1.807, 2.05) is 12.1 Å². The van der Waals surface area contributed by atoms with Crippen LogP contribution in [-0.2, 0) is 14.3 Å². The van der Waals surface area contributed by atoms with Crippen molar-refractivity contribution in [1.29, 1.82) is 0 Å². The van der Waals surface area contributed by atoms with Gasteiger partial charge >= 0.3 is 5.97 Å². The van der Waals surface area contributed by atoms with Crippen LogP contribution in [0.15, 0.2) is 54.6 Å². The van der Waals surface area contributed by atoms with Crippen molar-refractivity contribution in [1.82, 2.24) is 0 Å². The Morgan fingerprint density at radius 1 is 1.14 bits per heavy atom. The Morgan fingerprint density at radius 3 is 2.34 bits per heavy atom. The first kappa shape index (κ1) is 20.3. The van der Waals surface area contributed by atoms with Crippen molar-refractivity contribution in [3.63, 3.8) is 0 Å². The van der Waals surface area contributed by atoms with Crippen LogP contribution in [0.1, 0.15) is 30.4 Å². The molecule has 0 amide bonds. The summed E-state index contributed by atoms with van der Waals surface area (Å²) < 4.78 is 10.3. The molecule has 29 heavy (non-hydrogen) atoms. The number of nitro benzene ring substituents is 1. The molecule has 0 radical (unpaired) electrons. The van der Waals surface area contributed by atoms with Crippen LogP contribution in [-0.4, -0.2) is 30.4 Å². The Hall–Kier alpha value is -3.48. The van der Waals surface area contributed by atoms with Crippen molar-refractivity contribution < 1.29 is 24.0 Å². The van der Waals surface area contributed by atoms with Gasteiger partial charge < -0.3 is 9.47 Å². The predicted octanol–water partition coefficient (Wildman–Crippen LogP) is 3.92. The Labute approximate surface area is 168 Å². The van der Waals surface area contributed by atoms with Crippen LogP contribution < -0.4 is 4.74 Å². The van der Waals surface area contributed by atoms with Gasteiger partial charge in [0.25, 0.3) is 5.69 Å². The summed E-state index contributed by atoms with van der Waals surface area (Å²) in [5, 5.41) is 10.9. The molecule has 0 N–H and O–H groups in total. The van der Waals surface area contributed by atoms with E-state index in [1.165, 1.54) is 18.2 Å². The van der Waals surface area contributed by atoms with Gasteiger partial charge in [0.2, 0.25) is 0 Å². The lowest BCUT2D eigenvalue weighted by Crippen LogP contribution is -2.34. The van der Waals surface area contributed by atoms with Gasteiger partial charge in [-0.1, -0.05) is 24.3 Å². The maximum Gasteiger partial charge on any atom is 0.317 e. The number of esters is 1. The van der Waals surface area contributed by atoms with Crippen LogP contribution >= 0.6 is 0 Å². The van der Waals surface area contributed by atoms with Gasteiger partial charge in [-0.3, -0.25) is 19.7 Å². The summed E-state index contributed by atoms with van der Waals surface area (Å²) in [5.41, 5.74) is 2.28. The number of ether oxygens (including phenoxy) is 2. The third-order valence-electron chi connectivity index (χ3n) is 5.00. The molecule has 3 rings (SSSR count). The first-order valence-electron chi connectivity index (χ1n) is 9.24. The highest BCUT2D eigenvalue weighted by molar-refractivity contribution is 6.10. The van der Waals surface area contributed by atoms with E-state index in [0.717, 1.165) is 11.1 Å². The molecule has 2 atom stereocenters. The Bertz CT molecular complexity index is 946. The zero-order valence-electron chi connectivity index (χ0n) is 16.2. The normalized spacial score (nSPS) is 18.7. The minimum atomic E-state index is -0.974. The molecular formula is C22H21NO6. The van der Waals surface area contributed by atoms with Crippen molar-refractivity contribution in [2.75, 3.05) is 13.7 Å². The Kier molecular flexibility index (Phi) is 6.07. The average molecular weight is 395 g/mol. The molecule has 0 bridgehead atoms. The molecule has 1 aliphatic rings. The molecule has 1 aliphatic carbocycles. The summed E-state index contributed by atoms with van der Waals surface area (Å²) in [7, 11) is 1.58. The Morgan fingerprint density at radius 2 is 1.79 bits per heavy atom. The summed E-state index contributed by atoms with van der Waals surface area (Å²) in [6.45, 7) is 1.86. The number of allylic oxidation sites excluding steroid dienone is 2. The number of non-ortho nitro benzene ring substituents is 1. The van der Waals surface area contributed by atoms with E-state index in [0.29, 0.717) is 17.7 Å². The molecule has 7 nitrogen and oxygen atoms in total. The molecule has 0 fully saturated rings. The van der Waals surface area contributed by atoms with E-state index in [1.54, 1.807) is 38.3 Å². The maximum atomic E-state index is 12.9. The van der Waals surface area contributed by atoms with Gasteiger partial charge in [-0.2, -0.15) is 0 Å². The van der Waals surface area contributed by atoms with Gasteiger partial charge in [0.1, 0.15) is 11.7 Å². The molecular weight excluding hydrogens is 374 g/mol. The molecule has 0 saturated carbocycles. The molecule has 0 unspecified atom stereocenters. The van der Waals surface area contributed by atoms with Gasteiger partial charge in [-0.15, -0.1) is 0 Å². The molecule has 7 heteroatoms. The van der Waals surface area contributed by atoms with E-state index < -0.39 is 22.7 Å². The van der Waals surface area contributed by atoms with Gasteiger partial charge in [0.05, 0.1) is 18.6 Å². The van der Waals surface area contributed by atoms with E-state index in [9.17, 15) is 19.7 Å². The minimum absolute atomic E-state index is 0.0468. The molecule has 0 heterocycles. The van der Waals surface area contributed by atoms with E-state index in [2.05, 4.69) is 0 Å². The lowest BCUT2D eigenvalue weighted by Gasteiger charge is -2.29. The van der Waals surface area contributed by atoms with E-state index >= 15 is 0 Å². The number of nitro groups is 1. The third-order valence-corrected chi connectivity index (χ3v) is 5.00. The van der Waals surface area contributed by atoms with Crippen LogP contribution in [0.5, 0.6) is 5.75 Å². The fourth-order valence-electron chi connectivity index (χ4n) is 3.55. The number of ketones is 1. The fourth-order valence-corrected chi connectivity index (χ4v) is 3.55. The minimum Gasteiger partial charge on any atom is -0.497 e. The van der Waals surface area contributed by atoms with E-state index in [-0.39, 0.29) is 18.1 Å². The smallest absolute Gasteiger partial charge is 0.317 e. The zero-order valence-corrected chi connectivity index (χ0v) is 16.2. The number of carbonyl (C=O) groups excluding carboxylic acids is 2. The van der Waals surface area contributed by atoms with Crippen molar-refractivity contribution in [3.05, 3.63) is 75.8 Å². The second kappa shape index (κ2) is 8.68. The summed E-state index contributed by atoms with van der Waals surface area (Å²) >= 11 is 0. The molecule has 0 spiro atoms. The van der Waals surface area contributed by atoms with Crippen molar-refractivity contribution >= 4 is 23.0 Å².